The zero-order valence-corrected chi connectivity index (χ0v) is 8.74. The number of hydrogen-bond acceptors (Lipinski definition) is 4. The Morgan fingerprint density at radius 1 is 1.67 bits per heavy atom. The molecule has 1 aromatic heterocycles. The third-order valence-corrected chi connectivity index (χ3v) is 2.33. The maximum atomic E-state index is 5.78. The standard InChI is InChI=1S/C7H12ClN3S/c1-5(8)3-4-9-7-10-6(2)11-12-7/h5H,3-4H2,1-2H3,(H,9,10,11). The first-order valence-corrected chi connectivity index (χ1v) is 5.07. The van der Waals surface area contributed by atoms with Gasteiger partial charge in [-0.15, -0.1) is 11.6 Å². The third kappa shape index (κ3) is 3.36. The summed E-state index contributed by atoms with van der Waals surface area (Å²) in [6.07, 6.45) is 0.945. The number of aryl methyl sites for hydroxylation is 1. The molecule has 1 aromatic rings. The zero-order chi connectivity index (χ0) is 8.97. The molecule has 68 valence electrons. The fourth-order valence-corrected chi connectivity index (χ4v) is 1.45. The van der Waals surface area contributed by atoms with Gasteiger partial charge in [-0.2, -0.15) is 4.37 Å². The Hall–Kier alpha value is -0.350. The lowest BCUT2D eigenvalue weighted by molar-refractivity contribution is 0.841. The summed E-state index contributed by atoms with van der Waals surface area (Å²) in [4.78, 5) is 4.16. The summed E-state index contributed by atoms with van der Waals surface area (Å²) in [6, 6.07) is 0. The monoisotopic (exact) mass is 205 g/mol. The largest absolute Gasteiger partial charge is 0.360 e. The van der Waals surface area contributed by atoms with E-state index in [2.05, 4.69) is 14.7 Å². The summed E-state index contributed by atoms with van der Waals surface area (Å²) in [5.74, 6) is 0.821. The molecular weight excluding hydrogens is 194 g/mol. The maximum absolute atomic E-state index is 5.78. The van der Waals surface area contributed by atoms with Gasteiger partial charge in [0.25, 0.3) is 0 Å². The van der Waals surface area contributed by atoms with E-state index in [0.29, 0.717) is 0 Å². The number of aromatic nitrogens is 2. The molecule has 0 bridgehead atoms. The van der Waals surface area contributed by atoms with Crippen molar-refractivity contribution in [1.82, 2.24) is 9.36 Å². The summed E-state index contributed by atoms with van der Waals surface area (Å²) in [5, 5.41) is 4.25. The van der Waals surface area contributed by atoms with Crippen LogP contribution in [0.4, 0.5) is 5.13 Å². The van der Waals surface area contributed by atoms with E-state index in [4.69, 9.17) is 11.6 Å². The average Bonchev–Trinajstić information content (AvgIpc) is 2.35. The van der Waals surface area contributed by atoms with E-state index in [1.54, 1.807) is 0 Å². The minimum absolute atomic E-state index is 0.214. The Morgan fingerprint density at radius 3 is 2.92 bits per heavy atom. The van der Waals surface area contributed by atoms with Crippen molar-refractivity contribution in [2.24, 2.45) is 0 Å². The Kier molecular flexibility index (Phi) is 3.75. The van der Waals surface area contributed by atoms with Gasteiger partial charge in [0.05, 0.1) is 0 Å². The second-order valence-corrected chi connectivity index (χ2v) is 4.14. The molecule has 0 aliphatic rings. The third-order valence-electron chi connectivity index (χ3n) is 1.35. The molecule has 0 amide bonds. The lowest BCUT2D eigenvalue weighted by Gasteiger charge is -2.02. The number of alkyl halides is 1. The van der Waals surface area contributed by atoms with Gasteiger partial charge in [0, 0.05) is 23.5 Å². The summed E-state index contributed by atoms with van der Waals surface area (Å²) in [7, 11) is 0. The maximum Gasteiger partial charge on any atom is 0.202 e. The van der Waals surface area contributed by atoms with Crippen molar-refractivity contribution in [2.75, 3.05) is 11.9 Å². The summed E-state index contributed by atoms with van der Waals surface area (Å²) in [5.41, 5.74) is 0. The van der Waals surface area contributed by atoms with Gasteiger partial charge < -0.3 is 5.32 Å². The van der Waals surface area contributed by atoms with Crippen LogP contribution in [0.15, 0.2) is 0 Å². The molecule has 3 nitrogen and oxygen atoms in total. The van der Waals surface area contributed by atoms with Crippen LogP contribution in [0.5, 0.6) is 0 Å². The number of anilines is 1. The number of nitrogens with zero attached hydrogens (tertiary/aromatic N) is 2. The zero-order valence-electron chi connectivity index (χ0n) is 7.17. The van der Waals surface area contributed by atoms with Gasteiger partial charge in [-0.1, -0.05) is 0 Å². The van der Waals surface area contributed by atoms with Gasteiger partial charge in [0.15, 0.2) is 0 Å². The molecular formula is C7H12ClN3S. The molecule has 1 rings (SSSR count). The molecule has 0 spiro atoms. The Bertz CT molecular complexity index is 236. The molecule has 0 aliphatic carbocycles. The van der Waals surface area contributed by atoms with E-state index >= 15 is 0 Å². The average molecular weight is 206 g/mol. The molecule has 1 atom stereocenters. The SMILES string of the molecule is Cc1nsc(NCCC(C)Cl)n1. The minimum atomic E-state index is 0.214. The lowest BCUT2D eigenvalue weighted by atomic mass is 10.3. The molecule has 1 N–H and O–H groups in total. The predicted molar refractivity (Wildman–Crippen MR) is 53.1 cm³/mol. The van der Waals surface area contributed by atoms with Crippen molar-refractivity contribution in [2.45, 2.75) is 25.6 Å². The smallest absolute Gasteiger partial charge is 0.202 e. The quantitative estimate of drug-likeness (QED) is 0.767. The highest BCUT2D eigenvalue weighted by molar-refractivity contribution is 7.09. The minimum Gasteiger partial charge on any atom is -0.360 e. The van der Waals surface area contributed by atoms with Crippen LogP contribution < -0.4 is 5.32 Å². The van der Waals surface area contributed by atoms with Crippen LogP contribution in [0, 0.1) is 6.92 Å². The number of halogens is 1. The lowest BCUT2D eigenvalue weighted by Crippen LogP contribution is -2.05. The van der Waals surface area contributed by atoms with Crippen LogP contribution in [-0.4, -0.2) is 21.3 Å². The van der Waals surface area contributed by atoms with Crippen LogP contribution >= 0.6 is 23.1 Å². The first-order valence-electron chi connectivity index (χ1n) is 3.86. The Labute approximate surface area is 81.3 Å². The number of nitrogens with one attached hydrogen (secondary N) is 1. The van der Waals surface area contributed by atoms with E-state index < -0.39 is 0 Å². The Morgan fingerprint density at radius 2 is 2.42 bits per heavy atom. The second kappa shape index (κ2) is 4.62. The van der Waals surface area contributed by atoms with Gasteiger partial charge in [-0.05, 0) is 20.3 Å². The topological polar surface area (TPSA) is 37.8 Å². The molecule has 0 fully saturated rings. The van der Waals surface area contributed by atoms with E-state index in [0.717, 1.165) is 23.9 Å². The Balaban J connectivity index is 2.24. The van der Waals surface area contributed by atoms with Crippen LogP contribution in [0.3, 0.4) is 0 Å². The summed E-state index contributed by atoms with van der Waals surface area (Å²) < 4.78 is 4.05. The van der Waals surface area contributed by atoms with Gasteiger partial charge in [-0.25, -0.2) is 4.98 Å². The van der Waals surface area contributed by atoms with Crippen molar-refractivity contribution in [3.63, 3.8) is 0 Å². The van der Waals surface area contributed by atoms with Crippen molar-refractivity contribution in [3.8, 4) is 0 Å². The molecule has 1 heterocycles. The van der Waals surface area contributed by atoms with E-state index in [1.165, 1.54) is 11.5 Å². The van der Waals surface area contributed by atoms with Crippen molar-refractivity contribution >= 4 is 28.3 Å². The normalized spacial score (nSPS) is 12.9. The van der Waals surface area contributed by atoms with Crippen LogP contribution in [0.1, 0.15) is 19.2 Å². The van der Waals surface area contributed by atoms with Crippen LogP contribution in [0.25, 0.3) is 0 Å². The van der Waals surface area contributed by atoms with Gasteiger partial charge >= 0.3 is 0 Å². The summed E-state index contributed by atoms with van der Waals surface area (Å²) >= 11 is 7.16. The fraction of sp³-hybridized carbons (Fsp3) is 0.714. The van der Waals surface area contributed by atoms with E-state index in [-0.39, 0.29) is 5.38 Å². The summed E-state index contributed by atoms with van der Waals surface area (Å²) in [6.45, 7) is 4.72. The first kappa shape index (κ1) is 9.74. The number of hydrogen-bond donors (Lipinski definition) is 1. The van der Waals surface area contributed by atoms with Crippen molar-refractivity contribution in [1.29, 1.82) is 0 Å². The van der Waals surface area contributed by atoms with Crippen molar-refractivity contribution < 1.29 is 0 Å². The van der Waals surface area contributed by atoms with Gasteiger partial charge in [0.1, 0.15) is 5.82 Å². The molecule has 0 aliphatic heterocycles. The molecule has 0 saturated carbocycles. The molecule has 0 saturated heterocycles. The van der Waals surface area contributed by atoms with E-state index in [9.17, 15) is 0 Å². The first-order chi connectivity index (χ1) is 5.68. The fourth-order valence-electron chi connectivity index (χ4n) is 0.747. The highest BCUT2D eigenvalue weighted by Gasteiger charge is 1.99. The van der Waals surface area contributed by atoms with Gasteiger partial charge in [-0.3, -0.25) is 0 Å². The predicted octanol–water partition coefficient (Wildman–Crippen LogP) is 2.28. The molecule has 12 heavy (non-hydrogen) atoms. The van der Waals surface area contributed by atoms with Crippen molar-refractivity contribution in [3.05, 3.63) is 5.82 Å². The van der Waals surface area contributed by atoms with Gasteiger partial charge in [0.2, 0.25) is 5.13 Å². The van der Waals surface area contributed by atoms with Crippen LogP contribution in [0.2, 0.25) is 0 Å². The highest BCUT2D eigenvalue weighted by Crippen LogP contribution is 2.10. The second-order valence-electron chi connectivity index (χ2n) is 2.64. The van der Waals surface area contributed by atoms with Crippen LogP contribution in [-0.2, 0) is 0 Å². The number of rotatable bonds is 4. The molecule has 5 heteroatoms. The molecule has 1 unspecified atom stereocenters. The van der Waals surface area contributed by atoms with E-state index in [1.807, 2.05) is 13.8 Å². The highest BCUT2D eigenvalue weighted by atomic mass is 35.5. The molecule has 0 aromatic carbocycles. The molecule has 0 radical (unpaired) electrons.